The van der Waals surface area contributed by atoms with Crippen molar-refractivity contribution in [1.29, 1.82) is 0 Å². The van der Waals surface area contributed by atoms with E-state index in [0.717, 1.165) is 44.5 Å². The van der Waals surface area contributed by atoms with Crippen LogP contribution in [0.3, 0.4) is 0 Å². The fourth-order valence-electron chi connectivity index (χ4n) is 3.80. The molecule has 0 atom stereocenters. The van der Waals surface area contributed by atoms with Crippen molar-refractivity contribution in [3.8, 4) is 0 Å². The number of piperidine rings is 1. The van der Waals surface area contributed by atoms with Crippen molar-refractivity contribution >= 4 is 17.5 Å². The Hall–Kier alpha value is -2.11. The highest BCUT2D eigenvalue weighted by Crippen LogP contribution is 2.26. The van der Waals surface area contributed by atoms with Gasteiger partial charge in [-0.1, -0.05) is 19.3 Å². The van der Waals surface area contributed by atoms with E-state index in [-0.39, 0.29) is 17.9 Å². The van der Waals surface area contributed by atoms with Crippen molar-refractivity contribution < 1.29 is 9.59 Å². The second kappa shape index (κ2) is 7.64. The molecule has 0 radical (unpaired) electrons. The van der Waals surface area contributed by atoms with Crippen LogP contribution in [0.4, 0.5) is 5.69 Å². The Labute approximate surface area is 142 Å². The zero-order chi connectivity index (χ0) is 16.9. The van der Waals surface area contributed by atoms with Crippen LogP contribution in [0.5, 0.6) is 0 Å². The molecule has 0 unspecified atom stereocenters. The van der Waals surface area contributed by atoms with Crippen LogP contribution in [0.15, 0.2) is 18.5 Å². The summed E-state index contributed by atoms with van der Waals surface area (Å²) in [5, 5.41) is 3.23. The third-order valence-corrected chi connectivity index (χ3v) is 5.22. The maximum absolute atomic E-state index is 12.4. The highest BCUT2D eigenvalue weighted by Gasteiger charge is 2.26. The van der Waals surface area contributed by atoms with Gasteiger partial charge in [0.25, 0.3) is 5.91 Å². The second-order valence-electron chi connectivity index (χ2n) is 6.86. The smallest absolute Gasteiger partial charge is 0.252 e. The molecular weight excluding hydrogens is 304 g/mol. The molecule has 1 aliphatic heterocycles. The van der Waals surface area contributed by atoms with E-state index in [1.807, 2.05) is 6.07 Å². The first kappa shape index (κ1) is 16.7. The number of aromatic nitrogens is 1. The average molecular weight is 330 g/mol. The fraction of sp³-hybridized carbons (Fsp3) is 0.611. The van der Waals surface area contributed by atoms with Crippen molar-refractivity contribution in [2.75, 3.05) is 18.0 Å². The topological polar surface area (TPSA) is 88.3 Å². The molecule has 1 saturated carbocycles. The summed E-state index contributed by atoms with van der Waals surface area (Å²) in [7, 11) is 0. The molecule has 1 aromatic rings. The van der Waals surface area contributed by atoms with Gasteiger partial charge in [0, 0.05) is 37.4 Å². The number of amides is 2. The molecule has 1 aliphatic carbocycles. The third kappa shape index (κ3) is 3.86. The number of hydrogen-bond acceptors (Lipinski definition) is 4. The molecule has 24 heavy (non-hydrogen) atoms. The molecule has 130 valence electrons. The summed E-state index contributed by atoms with van der Waals surface area (Å²) in [4.78, 5) is 30.1. The fourth-order valence-corrected chi connectivity index (χ4v) is 3.80. The van der Waals surface area contributed by atoms with Gasteiger partial charge in [0.2, 0.25) is 5.91 Å². The van der Waals surface area contributed by atoms with Crippen LogP contribution in [0.1, 0.15) is 55.3 Å². The number of carbonyl (C=O) groups excluding carboxylic acids is 2. The number of nitrogens with zero attached hydrogens (tertiary/aromatic N) is 2. The van der Waals surface area contributed by atoms with Crippen molar-refractivity contribution in [1.82, 2.24) is 10.3 Å². The van der Waals surface area contributed by atoms with Gasteiger partial charge in [0.15, 0.2) is 0 Å². The van der Waals surface area contributed by atoms with Gasteiger partial charge in [-0.2, -0.15) is 0 Å². The largest absolute Gasteiger partial charge is 0.371 e. The lowest BCUT2D eigenvalue weighted by Gasteiger charge is -2.35. The maximum atomic E-state index is 12.4. The SMILES string of the molecule is NC(=O)c1cnccc1N1CCC(NC(=O)C2CCCCC2)CC1. The van der Waals surface area contributed by atoms with Gasteiger partial charge < -0.3 is 16.0 Å². The number of anilines is 1. The van der Waals surface area contributed by atoms with Crippen LogP contribution in [-0.4, -0.2) is 35.9 Å². The first-order valence-electron chi connectivity index (χ1n) is 8.94. The summed E-state index contributed by atoms with van der Waals surface area (Å²) in [6.07, 6.45) is 10.7. The molecule has 0 aromatic carbocycles. The molecule has 6 nitrogen and oxygen atoms in total. The Bertz CT molecular complexity index is 590. The Morgan fingerprint density at radius 3 is 2.50 bits per heavy atom. The number of nitrogens with one attached hydrogen (secondary N) is 1. The Morgan fingerprint density at radius 1 is 1.12 bits per heavy atom. The van der Waals surface area contributed by atoms with Gasteiger partial charge in [0.1, 0.15) is 0 Å². The standard InChI is InChI=1S/C18H26N4O2/c19-17(23)15-12-20-9-6-16(15)22-10-7-14(8-11-22)21-18(24)13-4-2-1-3-5-13/h6,9,12-14H,1-5,7-8,10-11H2,(H2,19,23)(H,21,24). The Balaban J connectivity index is 1.54. The van der Waals surface area contributed by atoms with E-state index in [0.29, 0.717) is 5.56 Å². The highest BCUT2D eigenvalue weighted by atomic mass is 16.2. The number of rotatable bonds is 4. The number of nitrogens with two attached hydrogens (primary N) is 1. The summed E-state index contributed by atoms with van der Waals surface area (Å²) in [5.41, 5.74) is 6.74. The molecule has 2 aliphatic rings. The van der Waals surface area contributed by atoms with Crippen LogP contribution in [0.25, 0.3) is 0 Å². The van der Waals surface area contributed by atoms with E-state index in [9.17, 15) is 9.59 Å². The summed E-state index contributed by atoms with van der Waals surface area (Å²) in [6, 6.07) is 2.07. The van der Waals surface area contributed by atoms with Gasteiger partial charge in [0.05, 0.1) is 11.3 Å². The summed E-state index contributed by atoms with van der Waals surface area (Å²) in [6.45, 7) is 1.61. The van der Waals surface area contributed by atoms with E-state index in [2.05, 4.69) is 15.2 Å². The Morgan fingerprint density at radius 2 is 1.83 bits per heavy atom. The molecule has 3 rings (SSSR count). The van der Waals surface area contributed by atoms with Crippen LogP contribution < -0.4 is 16.0 Å². The minimum absolute atomic E-state index is 0.207. The van der Waals surface area contributed by atoms with Crippen LogP contribution in [0.2, 0.25) is 0 Å². The highest BCUT2D eigenvalue weighted by molar-refractivity contribution is 5.98. The van der Waals surface area contributed by atoms with Gasteiger partial charge >= 0.3 is 0 Å². The lowest BCUT2D eigenvalue weighted by Crippen LogP contribution is -2.47. The monoisotopic (exact) mass is 330 g/mol. The van der Waals surface area contributed by atoms with Gasteiger partial charge in [-0.15, -0.1) is 0 Å². The third-order valence-electron chi connectivity index (χ3n) is 5.22. The molecule has 1 saturated heterocycles. The van der Waals surface area contributed by atoms with Crippen LogP contribution >= 0.6 is 0 Å². The summed E-state index contributed by atoms with van der Waals surface area (Å²) < 4.78 is 0. The lowest BCUT2D eigenvalue weighted by molar-refractivity contribution is -0.126. The van der Waals surface area contributed by atoms with Gasteiger partial charge in [-0.3, -0.25) is 14.6 Å². The second-order valence-corrected chi connectivity index (χ2v) is 6.86. The van der Waals surface area contributed by atoms with Crippen molar-refractivity contribution in [2.45, 2.75) is 51.0 Å². The zero-order valence-corrected chi connectivity index (χ0v) is 14.0. The molecule has 6 heteroatoms. The van der Waals surface area contributed by atoms with E-state index in [1.54, 1.807) is 6.20 Å². The van der Waals surface area contributed by atoms with E-state index in [4.69, 9.17) is 5.73 Å². The minimum Gasteiger partial charge on any atom is -0.371 e. The first-order chi connectivity index (χ1) is 11.6. The number of hydrogen-bond donors (Lipinski definition) is 2. The summed E-state index contributed by atoms with van der Waals surface area (Å²) in [5.74, 6) is -0.0147. The van der Waals surface area contributed by atoms with E-state index in [1.165, 1.54) is 25.5 Å². The molecule has 0 spiro atoms. The van der Waals surface area contributed by atoms with Crippen molar-refractivity contribution in [2.24, 2.45) is 11.7 Å². The molecule has 2 amide bonds. The molecule has 3 N–H and O–H groups in total. The van der Waals surface area contributed by atoms with Crippen LogP contribution in [-0.2, 0) is 4.79 Å². The van der Waals surface area contributed by atoms with Gasteiger partial charge in [-0.05, 0) is 31.7 Å². The quantitative estimate of drug-likeness (QED) is 0.882. The molecule has 2 fully saturated rings. The van der Waals surface area contributed by atoms with Crippen molar-refractivity contribution in [3.63, 3.8) is 0 Å². The molecular formula is C18H26N4O2. The summed E-state index contributed by atoms with van der Waals surface area (Å²) >= 11 is 0. The zero-order valence-electron chi connectivity index (χ0n) is 14.0. The first-order valence-corrected chi connectivity index (χ1v) is 8.94. The predicted octanol–water partition coefficient (Wildman–Crippen LogP) is 1.85. The number of carbonyl (C=O) groups is 2. The van der Waals surface area contributed by atoms with E-state index >= 15 is 0 Å². The normalized spacial score (nSPS) is 19.9. The predicted molar refractivity (Wildman–Crippen MR) is 92.7 cm³/mol. The Kier molecular flexibility index (Phi) is 5.33. The van der Waals surface area contributed by atoms with E-state index < -0.39 is 5.91 Å². The minimum atomic E-state index is -0.453. The molecule has 0 bridgehead atoms. The average Bonchev–Trinajstić information content (AvgIpc) is 2.63. The van der Waals surface area contributed by atoms with Crippen molar-refractivity contribution in [3.05, 3.63) is 24.0 Å². The van der Waals surface area contributed by atoms with Crippen LogP contribution in [0, 0.1) is 5.92 Å². The lowest BCUT2D eigenvalue weighted by atomic mass is 9.88. The molecule has 2 heterocycles. The molecule has 1 aromatic heterocycles. The van der Waals surface area contributed by atoms with Gasteiger partial charge in [-0.25, -0.2) is 0 Å². The number of primary amides is 1. The maximum Gasteiger partial charge on any atom is 0.252 e. The number of pyridine rings is 1.